The fourth-order valence-electron chi connectivity index (χ4n) is 2.52. The van der Waals surface area contributed by atoms with Crippen LogP contribution in [-0.4, -0.2) is 18.7 Å². The molecule has 3 N–H and O–H groups in total. The first-order valence-electron chi connectivity index (χ1n) is 7.71. The average Bonchev–Trinajstić information content (AvgIpc) is 2.85. The quantitative estimate of drug-likeness (QED) is 0.794. The van der Waals surface area contributed by atoms with Gasteiger partial charge in [0.2, 0.25) is 0 Å². The van der Waals surface area contributed by atoms with Crippen molar-refractivity contribution >= 4 is 11.6 Å². The Labute approximate surface area is 145 Å². The van der Waals surface area contributed by atoms with Crippen LogP contribution in [0.15, 0.2) is 36.4 Å². The predicted octanol–water partition coefficient (Wildman–Crippen LogP) is 2.55. The number of alkyl halides is 2. The second-order valence-corrected chi connectivity index (χ2v) is 5.77. The number of rotatable bonds is 5. The van der Waals surface area contributed by atoms with E-state index in [1.807, 2.05) is 0 Å². The van der Waals surface area contributed by atoms with Gasteiger partial charge >= 0.3 is 6.29 Å². The van der Waals surface area contributed by atoms with Crippen LogP contribution >= 0.6 is 0 Å². The van der Waals surface area contributed by atoms with Crippen molar-refractivity contribution in [2.45, 2.75) is 19.3 Å². The number of hydrogen-bond donors (Lipinski definition) is 2. The summed E-state index contributed by atoms with van der Waals surface area (Å²) in [6, 6.07) is 6.69. The van der Waals surface area contributed by atoms with Crippen LogP contribution < -0.4 is 20.1 Å². The molecule has 0 spiro atoms. The summed E-state index contributed by atoms with van der Waals surface area (Å²) in [5, 5.41) is 4.09. The first kappa shape index (κ1) is 18.0. The van der Waals surface area contributed by atoms with Gasteiger partial charge in [0, 0.05) is 23.4 Å². The molecule has 1 aliphatic rings. The molecular formula is C17H15F4N2O3+. The summed E-state index contributed by atoms with van der Waals surface area (Å²) in [6.45, 7) is 1.62. The van der Waals surface area contributed by atoms with Gasteiger partial charge in [-0.15, -0.1) is 8.78 Å². The number of amides is 1. The number of hydrogen-bond acceptors (Lipinski definition) is 3. The van der Waals surface area contributed by atoms with Crippen molar-refractivity contribution in [1.29, 1.82) is 0 Å². The molecule has 0 saturated heterocycles. The van der Waals surface area contributed by atoms with E-state index in [9.17, 15) is 22.4 Å². The van der Waals surface area contributed by atoms with Gasteiger partial charge in [-0.05, 0) is 31.2 Å². The van der Waals surface area contributed by atoms with E-state index >= 15 is 0 Å². The van der Waals surface area contributed by atoms with E-state index in [1.165, 1.54) is 24.3 Å². The third-order valence-electron chi connectivity index (χ3n) is 3.79. The van der Waals surface area contributed by atoms with Gasteiger partial charge in [0.15, 0.2) is 18.0 Å². The fourth-order valence-corrected chi connectivity index (χ4v) is 2.52. The zero-order valence-electron chi connectivity index (χ0n) is 13.6. The molecule has 1 amide bonds. The largest absolute Gasteiger partial charge is 0.586 e. The van der Waals surface area contributed by atoms with Gasteiger partial charge < -0.3 is 20.1 Å². The van der Waals surface area contributed by atoms with E-state index in [2.05, 4.69) is 14.8 Å². The number of nitrogens with two attached hydrogens (primary N) is 1. The minimum absolute atomic E-state index is 0.0530. The molecule has 1 aliphatic heterocycles. The van der Waals surface area contributed by atoms with Crippen LogP contribution in [0.1, 0.15) is 18.5 Å². The summed E-state index contributed by atoms with van der Waals surface area (Å²) in [5.41, 5.74) is 0.522. The van der Waals surface area contributed by atoms with Crippen molar-refractivity contribution in [3.63, 3.8) is 0 Å². The molecule has 2 aromatic carbocycles. The maximum Gasteiger partial charge on any atom is 0.586 e. The van der Waals surface area contributed by atoms with Crippen molar-refractivity contribution in [2.24, 2.45) is 0 Å². The number of carbonyl (C=O) groups excluding carboxylic acids is 1. The Morgan fingerprint density at radius 3 is 2.62 bits per heavy atom. The minimum Gasteiger partial charge on any atom is -0.395 e. The molecule has 0 fully saturated rings. The Bertz CT molecular complexity index is 845. The van der Waals surface area contributed by atoms with Crippen molar-refractivity contribution in [2.75, 3.05) is 11.9 Å². The van der Waals surface area contributed by atoms with E-state index in [0.29, 0.717) is 0 Å². The van der Waals surface area contributed by atoms with Crippen molar-refractivity contribution < 1.29 is 37.1 Å². The topological polar surface area (TPSA) is 64.2 Å². The zero-order valence-corrected chi connectivity index (χ0v) is 13.6. The first-order chi connectivity index (χ1) is 12.2. The van der Waals surface area contributed by atoms with E-state index < -0.39 is 29.9 Å². The third-order valence-corrected chi connectivity index (χ3v) is 3.79. The van der Waals surface area contributed by atoms with Crippen LogP contribution in [0.3, 0.4) is 0 Å². The number of halogens is 4. The van der Waals surface area contributed by atoms with Gasteiger partial charge in [-0.2, -0.15) is 0 Å². The average molecular weight is 371 g/mol. The molecule has 138 valence electrons. The van der Waals surface area contributed by atoms with Crippen LogP contribution in [0.25, 0.3) is 0 Å². The molecule has 0 bridgehead atoms. The monoisotopic (exact) mass is 371 g/mol. The smallest absolute Gasteiger partial charge is 0.395 e. The number of quaternary nitrogens is 1. The number of ether oxygens (including phenoxy) is 2. The van der Waals surface area contributed by atoms with Crippen LogP contribution in [0.2, 0.25) is 0 Å². The molecule has 0 aromatic heterocycles. The molecule has 2 aromatic rings. The van der Waals surface area contributed by atoms with Gasteiger partial charge in [-0.25, -0.2) is 8.78 Å². The van der Waals surface area contributed by atoms with E-state index in [-0.39, 0.29) is 29.3 Å². The van der Waals surface area contributed by atoms with E-state index in [4.69, 9.17) is 0 Å². The van der Waals surface area contributed by atoms with E-state index in [0.717, 1.165) is 12.1 Å². The molecule has 1 atom stereocenters. The number of nitrogens with one attached hydrogen (secondary N) is 1. The summed E-state index contributed by atoms with van der Waals surface area (Å²) in [5.74, 6) is -2.10. The number of fused-ring (bicyclic) bond motifs is 1. The molecule has 9 heteroatoms. The second-order valence-electron chi connectivity index (χ2n) is 5.77. The summed E-state index contributed by atoms with van der Waals surface area (Å²) >= 11 is 0. The van der Waals surface area contributed by atoms with Crippen LogP contribution in [0, 0.1) is 11.6 Å². The Balaban J connectivity index is 1.56. The van der Waals surface area contributed by atoms with Gasteiger partial charge in [0.25, 0.3) is 5.91 Å². The summed E-state index contributed by atoms with van der Waals surface area (Å²) in [4.78, 5) is 12.0. The molecule has 0 unspecified atom stereocenters. The third kappa shape index (κ3) is 4.05. The summed E-state index contributed by atoms with van der Waals surface area (Å²) < 4.78 is 61.2. The molecular weight excluding hydrogens is 356 g/mol. The molecule has 0 aliphatic carbocycles. The highest BCUT2D eigenvalue weighted by Gasteiger charge is 2.43. The molecule has 1 heterocycles. The number of carbonyl (C=O) groups is 1. The Morgan fingerprint density at radius 1 is 1.15 bits per heavy atom. The highest BCUT2D eigenvalue weighted by Crippen LogP contribution is 2.42. The van der Waals surface area contributed by atoms with Gasteiger partial charge in [0.05, 0.1) is 0 Å². The van der Waals surface area contributed by atoms with Gasteiger partial charge in [-0.3, -0.25) is 4.79 Å². The molecule has 5 nitrogen and oxygen atoms in total. The number of benzene rings is 2. The van der Waals surface area contributed by atoms with Crippen molar-refractivity contribution in [3.8, 4) is 11.5 Å². The zero-order chi connectivity index (χ0) is 18.9. The lowest BCUT2D eigenvalue weighted by Crippen LogP contribution is -2.86. The first-order valence-corrected chi connectivity index (χ1v) is 7.71. The van der Waals surface area contributed by atoms with Gasteiger partial charge in [-0.1, -0.05) is 0 Å². The van der Waals surface area contributed by atoms with Crippen molar-refractivity contribution in [3.05, 3.63) is 53.6 Å². The molecule has 26 heavy (non-hydrogen) atoms. The Morgan fingerprint density at radius 2 is 1.88 bits per heavy atom. The summed E-state index contributed by atoms with van der Waals surface area (Å²) in [6.07, 6.45) is -3.73. The normalized spacial score (nSPS) is 15.6. The highest BCUT2D eigenvalue weighted by atomic mass is 19.3. The molecule has 0 radical (unpaired) electrons. The molecule has 0 saturated carbocycles. The van der Waals surface area contributed by atoms with Crippen molar-refractivity contribution in [1.82, 2.24) is 0 Å². The second kappa shape index (κ2) is 6.83. The summed E-state index contributed by atoms with van der Waals surface area (Å²) in [7, 11) is 0. The maximum atomic E-state index is 13.7. The van der Waals surface area contributed by atoms with E-state index in [1.54, 1.807) is 12.2 Å². The Kier molecular flexibility index (Phi) is 4.73. The predicted molar refractivity (Wildman–Crippen MR) is 82.8 cm³/mol. The lowest BCUT2D eigenvalue weighted by atomic mass is 10.1. The molecule has 3 rings (SSSR count). The van der Waals surface area contributed by atoms with Gasteiger partial charge in [0.1, 0.15) is 17.7 Å². The standard InChI is InChI=1S/C17H14F4N2O3/c1-9(12-4-2-10(18)6-13(12)19)22-8-16(24)23-11-3-5-14-15(7-11)26-17(20,21)25-14/h2-7,9,22H,8H2,1H3,(H,23,24)/p+1/t9-/m1/s1. The van der Waals surface area contributed by atoms with Crippen LogP contribution in [-0.2, 0) is 4.79 Å². The Hall–Kier alpha value is -2.81. The fraction of sp³-hybridized carbons (Fsp3) is 0.235. The SMILES string of the molecule is C[C@@H]([NH2+]CC(=O)Nc1ccc2c(c1)OC(F)(F)O2)c1ccc(F)cc1F. The minimum atomic E-state index is -3.73. The lowest BCUT2D eigenvalue weighted by Gasteiger charge is -2.12. The van der Waals surface area contributed by atoms with Crippen LogP contribution in [0.4, 0.5) is 23.2 Å². The number of anilines is 1. The van der Waals surface area contributed by atoms with Crippen LogP contribution in [0.5, 0.6) is 11.5 Å². The maximum absolute atomic E-state index is 13.7. The lowest BCUT2D eigenvalue weighted by molar-refractivity contribution is -0.682. The highest BCUT2D eigenvalue weighted by molar-refractivity contribution is 5.91.